The summed E-state index contributed by atoms with van der Waals surface area (Å²) in [6, 6.07) is 6.91. The smallest absolute Gasteiger partial charge is 0.123 e. The molecular weight excluding hydrogens is 241 g/mol. The first kappa shape index (κ1) is 13.7. The molecule has 102 valence electrons. The molecule has 0 aliphatic rings. The van der Waals surface area contributed by atoms with Crippen LogP contribution in [-0.2, 0) is 6.54 Å². The van der Waals surface area contributed by atoms with Crippen molar-refractivity contribution in [3.8, 4) is 0 Å². The molecule has 1 aromatic carbocycles. The average Bonchev–Trinajstić information content (AvgIpc) is 2.77. The van der Waals surface area contributed by atoms with Gasteiger partial charge in [-0.3, -0.25) is 5.10 Å². The predicted molar refractivity (Wildman–Crippen MR) is 74.1 cm³/mol. The fourth-order valence-electron chi connectivity index (χ4n) is 2.18. The summed E-state index contributed by atoms with van der Waals surface area (Å²) in [6.07, 6.45) is 1.84. The van der Waals surface area contributed by atoms with E-state index in [1.807, 2.05) is 25.3 Å². The summed E-state index contributed by atoms with van der Waals surface area (Å²) in [5.74, 6) is 0.231. The van der Waals surface area contributed by atoms with Gasteiger partial charge in [-0.25, -0.2) is 4.39 Å². The molecule has 0 radical (unpaired) electrons. The summed E-state index contributed by atoms with van der Waals surface area (Å²) < 4.78 is 13.0. The van der Waals surface area contributed by atoms with Crippen molar-refractivity contribution in [2.24, 2.45) is 5.92 Å². The second-order valence-corrected chi connectivity index (χ2v) is 5.17. The Balaban J connectivity index is 2.08. The molecule has 0 bridgehead atoms. The van der Waals surface area contributed by atoms with Crippen LogP contribution in [0.3, 0.4) is 0 Å². The Bertz CT molecular complexity index is 516. The molecule has 2 aromatic rings. The molecule has 0 unspecified atom stereocenters. The molecule has 1 heterocycles. The lowest BCUT2D eigenvalue weighted by Gasteiger charge is -2.23. The van der Waals surface area contributed by atoms with Crippen molar-refractivity contribution < 1.29 is 4.39 Å². The van der Waals surface area contributed by atoms with Crippen LogP contribution < -0.4 is 5.32 Å². The molecule has 2 rings (SSSR count). The van der Waals surface area contributed by atoms with Gasteiger partial charge in [-0.2, -0.15) is 5.10 Å². The third-order valence-corrected chi connectivity index (χ3v) is 3.34. The number of aromatic nitrogens is 2. The van der Waals surface area contributed by atoms with Gasteiger partial charge < -0.3 is 5.32 Å². The second-order valence-electron chi connectivity index (χ2n) is 5.17. The number of benzene rings is 1. The van der Waals surface area contributed by atoms with Gasteiger partial charge in [0.2, 0.25) is 0 Å². The van der Waals surface area contributed by atoms with Gasteiger partial charge in [0.15, 0.2) is 0 Å². The molecule has 0 aliphatic carbocycles. The standard InChI is InChI=1S/C15H20FN3/c1-10(2)15(12-4-6-14(16)7-5-12)17-8-13-9-18-19-11(13)3/h4-7,9-10,15,17H,8H2,1-3H3,(H,18,19)/t15-/m0/s1. The maximum atomic E-state index is 13.0. The van der Waals surface area contributed by atoms with Gasteiger partial charge >= 0.3 is 0 Å². The maximum Gasteiger partial charge on any atom is 0.123 e. The van der Waals surface area contributed by atoms with Crippen LogP contribution in [0.15, 0.2) is 30.5 Å². The van der Waals surface area contributed by atoms with Crippen molar-refractivity contribution in [2.75, 3.05) is 0 Å². The van der Waals surface area contributed by atoms with Crippen molar-refractivity contribution in [2.45, 2.75) is 33.4 Å². The van der Waals surface area contributed by atoms with Gasteiger partial charge in [0.1, 0.15) is 5.82 Å². The zero-order valence-corrected chi connectivity index (χ0v) is 11.6. The van der Waals surface area contributed by atoms with Crippen molar-refractivity contribution in [1.29, 1.82) is 0 Å². The molecule has 0 saturated carbocycles. The Hall–Kier alpha value is -1.68. The summed E-state index contributed by atoms with van der Waals surface area (Å²) in [5, 5.41) is 10.5. The van der Waals surface area contributed by atoms with E-state index in [0.29, 0.717) is 5.92 Å². The minimum atomic E-state index is -0.197. The monoisotopic (exact) mass is 261 g/mol. The van der Waals surface area contributed by atoms with Crippen molar-refractivity contribution >= 4 is 0 Å². The number of nitrogens with one attached hydrogen (secondary N) is 2. The highest BCUT2D eigenvalue weighted by Gasteiger charge is 2.15. The van der Waals surface area contributed by atoms with Crippen LogP contribution in [0.5, 0.6) is 0 Å². The summed E-state index contributed by atoms with van der Waals surface area (Å²) in [7, 11) is 0. The second kappa shape index (κ2) is 5.97. The fraction of sp³-hybridized carbons (Fsp3) is 0.400. The Morgan fingerprint density at radius 2 is 1.95 bits per heavy atom. The Labute approximate surface area is 113 Å². The highest BCUT2D eigenvalue weighted by Crippen LogP contribution is 2.22. The van der Waals surface area contributed by atoms with Crippen molar-refractivity contribution in [3.63, 3.8) is 0 Å². The Kier molecular flexibility index (Phi) is 4.32. The Morgan fingerprint density at radius 1 is 1.26 bits per heavy atom. The van der Waals surface area contributed by atoms with E-state index < -0.39 is 0 Å². The molecule has 0 saturated heterocycles. The van der Waals surface area contributed by atoms with Crippen molar-refractivity contribution in [3.05, 3.63) is 53.1 Å². The van der Waals surface area contributed by atoms with E-state index in [-0.39, 0.29) is 11.9 Å². The topological polar surface area (TPSA) is 40.7 Å². The summed E-state index contributed by atoms with van der Waals surface area (Å²) in [4.78, 5) is 0. The number of halogens is 1. The van der Waals surface area contributed by atoms with E-state index in [1.54, 1.807) is 0 Å². The third-order valence-electron chi connectivity index (χ3n) is 3.34. The number of H-pyrrole nitrogens is 1. The minimum Gasteiger partial charge on any atom is -0.306 e. The lowest BCUT2D eigenvalue weighted by atomic mass is 9.96. The van der Waals surface area contributed by atoms with Gasteiger partial charge in [-0.15, -0.1) is 0 Å². The molecule has 0 fully saturated rings. The number of aryl methyl sites for hydroxylation is 1. The molecule has 2 N–H and O–H groups in total. The molecule has 1 aromatic heterocycles. The van der Waals surface area contributed by atoms with E-state index in [4.69, 9.17) is 0 Å². The molecule has 0 spiro atoms. The third kappa shape index (κ3) is 3.41. The summed E-state index contributed by atoms with van der Waals surface area (Å²) in [6.45, 7) is 7.07. The molecule has 0 amide bonds. The number of hydrogen-bond acceptors (Lipinski definition) is 2. The van der Waals surface area contributed by atoms with E-state index >= 15 is 0 Å². The number of aromatic amines is 1. The van der Waals surface area contributed by atoms with Crippen LogP contribution in [0.4, 0.5) is 4.39 Å². The molecule has 0 aliphatic heterocycles. The number of hydrogen-bond donors (Lipinski definition) is 2. The van der Waals surface area contributed by atoms with Gasteiger partial charge in [0.25, 0.3) is 0 Å². The van der Waals surface area contributed by atoms with E-state index in [0.717, 1.165) is 23.4 Å². The molecule has 3 nitrogen and oxygen atoms in total. The average molecular weight is 261 g/mol. The highest BCUT2D eigenvalue weighted by molar-refractivity contribution is 5.21. The van der Waals surface area contributed by atoms with Crippen molar-refractivity contribution in [1.82, 2.24) is 15.5 Å². The molecule has 19 heavy (non-hydrogen) atoms. The quantitative estimate of drug-likeness (QED) is 0.866. The molecule has 1 atom stereocenters. The van der Waals surface area contributed by atoms with E-state index in [1.165, 1.54) is 12.1 Å². The SMILES string of the molecule is Cc1[nH]ncc1CN[C@H](c1ccc(F)cc1)C(C)C. The maximum absolute atomic E-state index is 13.0. The van der Waals surface area contributed by atoms with E-state index in [2.05, 4.69) is 29.4 Å². The van der Waals surface area contributed by atoms with Gasteiger partial charge in [0.05, 0.1) is 6.20 Å². The fourth-order valence-corrected chi connectivity index (χ4v) is 2.18. The number of nitrogens with zero attached hydrogens (tertiary/aromatic N) is 1. The van der Waals surface area contributed by atoms with Crippen LogP contribution in [0.25, 0.3) is 0 Å². The largest absolute Gasteiger partial charge is 0.306 e. The normalized spacial score (nSPS) is 12.9. The van der Waals surface area contributed by atoms with Gasteiger partial charge in [-0.1, -0.05) is 26.0 Å². The summed E-state index contributed by atoms with van der Waals surface area (Å²) >= 11 is 0. The summed E-state index contributed by atoms with van der Waals surface area (Å²) in [5.41, 5.74) is 3.35. The Morgan fingerprint density at radius 3 is 2.47 bits per heavy atom. The zero-order chi connectivity index (χ0) is 13.8. The first-order valence-corrected chi connectivity index (χ1v) is 6.55. The highest BCUT2D eigenvalue weighted by atomic mass is 19.1. The van der Waals surface area contributed by atoms with Gasteiger partial charge in [-0.05, 0) is 30.5 Å². The van der Waals surface area contributed by atoms with Crippen LogP contribution in [0.2, 0.25) is 0 Å². The zero-order valence-electron chi connectivity index (χ0n) is 11.6. The molecular formula is C15H20FN3. The molecule has 4 heteroatoms. The van der Waals surface area contributed by atoms with Crippen LogP contribution in [0, 0.1) is 18.7 Å². The first-order chi connectivity index (χ1) is 9.08. The van der Waals surface area contributed by atoms with E-state index in [9.17, 15) is 4.39 Å². The lowest BCUT2D eigenvalue weighted by molar-refractivity contribution is 0.410. The van der Waals surface area contributed by atoms with Crippen LogP contribution in [0.1, 0.15) is 36.7 Å². The first-order valence-electron chi connectivity index (χ1n) is 6.55. The number of rotatable bonds is 5. The van der Waals surface area contributed by atoms with Crippen LogP contribution in [-0.4, -0.2) is 10.2 Å². The lowest BCUT2D eigenvalue weighted by Crippen LogP contribution is -2.25. The minimum absolute atomic E-state index is 0.197. The van der Waals surface area contributed by atoms with Gasteiger partial charge in [0, 0.05) is 23.8 Å². The van der Waals surface area contributed by atoms with Crippen LogP contribution >= 0.6 is 0 Å². The predicted octanol–water partition coefficient (Wildman–Crippen LogP) is 3.34.